The first-order valence-electron chi connectivity index (χ1n) is 9.26. The average Bonchev–Trinajstić information content (AvgIpc) is 2.98. The van der Waals surface area contributed by atoms with Crippen LogP contribution in [0.4, 0.5) is 0 Å². The first-order chi connectivity index (χ1) is 13.9. The van der Waals surface area contributed by atoms with Crippen LogP contribution in [0.3, 0.4) is 0 Å². The highest BCUT2D eigenvalue weighted by molar-refractivity contribution is 9.10. The Hall–Kier alpha value is -2.85. The van der Waals surface area contributed by atoms with Crippen LogP contribution in [0.1, 0.15) is 36.7 Å². The number of nitrogens with zero attached hydrogens (tertiary/aromatic N) is 2. The highest BCUT2D eigenvalue weighted by Crippen LogP contribution is 2.24. The highest BCUT2D eigenvalue weighted by atomic mass is 79.9. The molecule has 6 nitrogen and oxygen atoms in total. The molecule has 0 N–H and O–H groups in total. The van der Waals surface area contributed by atoms with Crippen molar-refractivity contribution < 1.29 is 19.1 Å². The molecule has 0 aliphatic heterocycles. The fourth-order valence-corrected chi connectivity index (χ4v) is 3.05. The number of aryl methyl sites for hydroxylation is 1. The predicted molar refractivity (Wildman–Crippen MR) is 113 cm³/mol. The van der Waals surface area contributed by atoms with Crippen molar-refractivity contribution in [2.75, 3.05) is 13.2 Å². The number of benzene rings is 1. The summed E-state index contributed by atoms with van der Waals surface area (Å²) in [6, 6.07) is 11.6. The summed E-state index contributed by atoms with van der Waals surface area (Å²) in [6.07, 6.45) is 3.12. The van der Waals surface area contributed by atoms with E-state index in [-0.39, 0.29) is 12.2 Å². The Labute approximate surface area is 178 Å². The molecule has 0 saturated carbocycles. The van der Waals surface area contributed by atoms with Crippen molar-refractivity contribution in [2.24, 2.45) is 0 Å². The molecule has 1 heterocycles. The van der Waals surface area contributed by atoms with Gasteiger partial charge in [-0.3, -0.25) is 0 Å². The van der Waals surface area contributed by atoms with Crippen LogP contribution in [-0.2, 0) is 19.1 Å². The van der Waals surface area contributed by atoms with Crippen LogP contribution in [-0.4, -0.2) is 29.7 Å². The molecule has 0 radical (unpaired) electrons. The molecule has 0 bridgehead atoms. The summed E-state index contributed by atoms with van der Waals surface area (Å²) in [5.74, 6) is -1.48. The van der Waals surface area contributed by atoms with Crippen LogP contribution >= 0.6 is 15.9 Å². The van der Waals surface area contributed by atoms with E-state index >= 15 is 0 Å². The van der Waals surface area contributed by atoms with Gasteiger partial charge in [0.25, 0.3) is 0 Å². The maximum Gasteiger partial charge on any atom is 0.349 e. The van der Waals surface area contributed by atoms with Gasteiger partial charge in [0, 0.05) is 21.5 Å². The molecule has 0 spiro atoms. The van der Waals surface area contributed by atoms with Gasteiger partial charge in [-0.15, -0.1) is 0 Å². The lowest BCUT2D eigenvalue weighted by molar-refractivity contribution is -0.156. The van der Waals surface area contributed by atoms with Crippen LogP contribution in [0.15, 0.2) is 40.4 Å². The van der Waals surface area contributed by atoms with E-state index in [4.69, 9.17) is 9.47 Å². The molecule has 0 aliphatic rings. The number of halogens is 1. The minimum Gasteiger partial charge on any atom is -0.463 e. The maximum atomic E-state index is 12.2. The van der Waals surface area contributed by atoms with Crippen LogP contribution in [0.2, 0.25) is 0 Å². The first kappa shape index (κ1) is 22.4. The van der Waals surface area contributed by atoms with Gasteiger partial charge < -0.3 is 14.0 Å². The van der Waals surface area contributed by atoms with Gasteiger partial charge in [-0.25, -0.2) is 9.59 Å². The third-order valence-electron chi connectivity index (χ3n) is 4.28. The normalized spacial score (nSPS) is 11.1. The van der Waals surface area contributed by atoms with Gasteiger partial charge in [0.2, 0.25) is 0 Å². The predicted octanol–water partition coefficient (Wildman–Crippen LogP) is 4.65. The van der Waals surface area contributed by atoms with Crippen molar-refractivity contribution in [1.29, 1.82) is 5.26 Å². The van der Waals surface area contributed by atoms with Crippen molar-refractivity contribution in [3.8, 4) is 11.8 Å². The summed E-state index contributed by atoms with van der Waals surface area (Å²) < 4.78 is 12.9. The third kappa shape index (κ3) is 6.06. The Morgan fingerprint density at radius 3 is 2.52 bits per heavy atom. The molecule has 152 valence electrons. The Morgan fingerprint density at radius 1 is 1.21 bits per heavy atom. The van der Waals surface area contributed by atoms with Crippen LogP contribution < -0.4 is 0 Å². The zero-order chi connectivity index (χ0) is 21.4. The van der Waals surface area contributed by atoms with Crippen molar-refractivity contribution in [1.82, 2.24) is 4.57 Å². The molecular weight excluding hydrogens is 436 g/mol. The number of hydrogen-bond donors (Lipinski definition) is 0. The van der Waals surface area contributed by atoms with Crippen LogP contribution in [0, 0.1) is 25.2 Å². The number of hydrogen-bond acceptors (Lipinski definition) is 5. The lowest BCUT2D eigenvalue weighted by atomic mass is 10.1. The number of rotatable bonds is 8. The van der Waals surface area contributed by atoms with Crippen molar-refractivity contribution in [3.05, 3.63) is 57.3 Å². The van der Waals surface area contributed by atoms with Crippen molar-refractivity contribution in [2.45, 2.75) is 33.6 Å². The summed E-state index contributed by atoms with van der Waals surface area (Å²) in [5, 5.41) is 9.36. The molecule has 0 aliphatic carbocycles. The van der Waals surface area contributed by atoms with Gasteiger partial charge in [0.15, 0.2) is 6.61 Å². The van der Waals surface area contributed by atoms with Crippen molar-refractivity contribution in [3.63, 3.8) is 0 Å². The van der Waals surface area contributed by atoms with E-state index in [2.05, 4.69) is 15.9 Å². The van der Waals surface area contributed by atoms with Gasteiger partial charge >= 0.3 is 11.9 Å². The van der Waals surface area contributed by atoms with Gasteiger partial charge in [0.1, 0.15) is 11.6 Å². The Bertz CT molecular complexity index is 952. The molecule has 7 heteroatoms. The fraction of sp³-hybridized carbons (Fsp3) is 0.318. The molecule has 2 aromatic rings. The monoisotopic (exact) mass is 458 g/mol. The van der Waals surface area contributed by atoms with Gasteiger partial charge in [-0.1, -0.05) is 29.3 Å². The van der Waals surface area contributed by atoms with E-state index in [9.17, 15) is 14.9 Å². The molecule has 29 heavy (non-hydrogen) atoms. The number of unbranched alkanes of at least 4 members (excludes halogenated alkanes) is 1. The molecule has 0 atom stereocenters. The summed E-state index contributed by atoms with van der Waals surface area (Å²) in [5.41, 5.74) is 3.36. The Kier molecular flexibility index (Phi) is 8.22. The number of carbonyl (C=O) groups is 2. The van der Waals surface area contributed by atoms with Crippen molar-refractivity contribution >= 4 is 33.9 Å². The summed E-state index contributed by atoms with van der Waals surface area (Å²) in [6.45, 7) is 5.61. The number of esters is 2. The number of ether oxygens (including phenoxy) is 2. The minimum atomic E-state index is -0.853. The third-order valence-corrected chi connectivity index (χ3v) is 4.81. The molecule has 2 rings (SSSR count). The van der Waals surface area contributed by atoms with E-state index < -0.39 is 18.5 Å². The SMILES string of the molecule is CCCCOC(=O)COC(=O)/C(C#N)=C/c1cc(C)n(-c2ccc(Br)cc2)c1C. The lowest BCUT2D eigenvalue weighted by Crippen LogP contribution is -2.17. The molecule has 0 saturated heterocycles. The molecule has 0 unspecified atom stereocenters. The number of carbonyl (C=O) groups excluding carboxylic acids is 2. The topological polar surface area (TPSA) is 81.3 Å². The highest BCUT2D eigenvalue weighted by Gasteiger charge is 2.16. The second-order valence-electron chi connectivity index (χ2n) is 6.46. The first-order valence-corrected chi connectivity index (χ1v) is 10.1. The zero-order valence-electron chi connectivity index (χ0n) is 16.7. The maximum absolute atomic E-state index is 12.2. The standard InChI is InChI=1S/C22H23BrN2O4/c1-4-5-10-28-21(26)14-29-22(27)18(13-24)12-17-11-15(2)25(16(17)3)20-8-6-19(23)7-9-20/h6-9,11-12H,4-5,10,14H2,1-3H3/b18-12+. The van der Waals surface area contributed by atoms with E-state index in [1.807, 2.05) is 61.7 Å². The summed E-state index contributed by atoms with van der Waals surface area (Å²) in [4.78, 5) is 23.8. The second-order valence-corrected chi connectivity index (χ2v) is 7.37. The number of aromatic nitrogens is 1. The van der Waals surface area contributed by atoms with E-state index in [0.29, 0.717) is 0 Å². The summed E-state index contributed by atoms with van der Waals surface area (Å²) >= 11 is 3.42. The smallest absolute Gasteiger partial charge is 0.349 e. The van der Waals surface area contributed by atoms with Crippen LogP contribution in [0.5, 0.6) is 0 Å². The van der Waals surface area contributed by atoms with E-state index in [1.54, 1.807) is 0 Å². The Balaban J connectivity index is 2.15. The second kappa shape index (κ2) is 10.6. The van der Waals surface area contributed by atoms with Gasteiger partial charge in [-0.05, 0) is 62.2 Å². The minimum absolute atomic E-state index is 0.178. The van der Waals surface area contributed by atoms with Gasteiger partial charge in [-0.2, -0.15) is 5.26 Å². The zero-order valence-corrected chi connectivity index (χ0v) is 18.3. The summed E-state index contributed by atoms with van der Waals surface area (Å²) in [7, 11) is 0. The quantitative estimate of drug-likeness (QED) is 0.249. The molecule has 1 aromatic carbocycles. The van der Waals surface area contributed by atoms with E-state index in [1.165, 1.54) is 6.08 Å². The molecule has 0 fully saturated rings. The van der Waals surface area contributed by atoms with E-state index in [0.717, 1.165) is 40.0 Å². The molecule has 0 amide bonds. The molecule has 1 aromatic heterocycles. The Morgan fingerprint density at radius 2 is 1.90 bits per heavy atom. The van der Waals surface area contributed by atoms with Gasteiger partial charge in [0.05, 0.1) is 6.61 Å². The average molecular weight is 459 g/mol. The fourth-order valence-electron chi connectivity index (χ4n) is 2.79. The largest absolute Gasteiger partial charge is 0.463 e. The lowest BCUT2D eigenvalue weighted by Gasteiger charge is -2.09. The number of nitriles is 1. The van der Waals surface area contributed by atoms with Crippen LogP contribution in [0.25, 0.3) is 11.8 Å². The molecular formula is C22H23BrN2O4.